The highest BCUT2D eigenvalue weighted by atomic mass is 16.5. The summed E-state index contributed by atoms with van der Waals surface area (Å²) in [6, 6.07) is 3.65. The van der Waals surface area contributed by atoms with Crippen molar-refractivity contribution in [3.8, 4) is 5.75 Å². The van der Waals surface area contributed by atoms with E-state index in [0.717, 1.165) is 5.69 Å². The van der Waals surface area contributed by atoms with Crippen LogP contribution in [0.3, 0.4) is 0 Å². The van der Waals surface area contributed by atoms with Crippen molar-refractivity contribution in [3.05, 3.63) is 42.0 Å². The molecular formula is C17H22N4O3. The number of carbonyl (C=O) groups is 1. The van der Waals surface area contributed by atoms with E-state index >= 15 is 0 Å². The molecule has 24 heavy (non-hydrogen) atoms. The van der Waals surface area contributed by atoms with Gasteiger partial charge < -0.3 is 14.7 Å². The highest BCUT2D eigenvalue weighted by Crippen LogP contribution is 2.20. The highest BCUT2D eigenvalue weighted by molar-refractivity contribution is 5.94. The average molecular weight is 330 g/mol. The summed E-state index contributed by atoms with van der Waals surface area (Å²) in [5.41, 5.74) is 1.47. The first-order valence-corrected chi connectivity index (χ1v) is 8.02. The number of ether oxygens (including phenoxy) is 1. The molecule has 1 aliphatic heterocycles. The summed E-state index contributed by atoms with van der Waals surface area (Å²) in [6.45, 7) is 4.69. The zero-order chi connectivity index (χ0) is 17.3. The summed E-state index contributed by atoms with van der Waals surface area (Å²) >= 11 is 0. The molecule has 1 N–H and O–H groups in total. The second kappa shape index (κ2) is 6.60. The molecule has 0 aliphatic carbocycles. The molecule has 128 valence electrons. The summed E-state index contributed by atoms with van der Waals surface area (Å²) in [4.78, 5) is 18.5. The van der Waals surface area contributed by atoms with Gasteiger partial charge in [-0.2, -0.15) is 5.10 Å². The van der Waals surface area contributed by atoms with Crippen LogP contribution in [-0.4, -0.2) is 56.0 Å². The SMILES string of the molecule is CC(C)c1ccc(C(=O)N2C[C@@H](O)[C@H](Oc3cnn(C)c3)C2)cn1. The molecule has 0 aromatic carbocycles. The van der Waals surface area contributed by atoms with Gasteiger partial charge in [-0.05, 0) is 18.1 Å². The number of rotatable bonds is 4. The number of likely N-dealkylation sites (tertiary alicyclic amines) is 1. The number of aliphatic hydroxyl groups excluding tert-OH is 1. The Morgan fingerprint density at radius 1 is 1.33 bits per heavy atom. The molecule has 1 saturated heterocycles. The minimum atomic E-state index is -0.725. The number of hydrogen-bond acceptors (Lipinski definition) is 5. The molecule has 7 heteroatoms. The molecule has 1 aliphatic rings. The number of carbonyl (C=O) groups excluding carboxylic acids is 1. The van der Waals surface area contributed by atoms with Crippen LogP contribution in [0.5, 0.6) is 5.75 Å². The molecule has 0 radical (unpaired) electrons. The van der Waals surface area contributed by atoms with Crippen molar-refractivity contribution < 1.29 is 14.6 Å². The van der Waals surface area contributed by atoms with Crippen LogP contribution in [0.15, 0.2) is 30.7 Å². The molecule has 2 aromatic heterocycles. The minimum Gasteiger partial charge on any atom is -0.482 e. The fourth-order valence-electron chi connectivity index (χ4n) is 2.73. The number of β-amino-alcohol motifs (C(OH)–C–C–N with tert-alkyl or cyclic N) is 1. The summed E-state index contributed by atoms with van der Waals surface area (Å²) in [5.74, 6) is 0.757. The third-order valence-corrected chi connectivity index (χ3v) is 4.12. The Bertz CT molecular complexity index is 711. The zero-order valence-corrected chi connectivity index (χ0v) is 14.1. The Balaban J connectivity index is 1.66. The minimum absolute atomic E-state index is 0.144. The Labute approximate surface area is 140 Å². The molecule has 3 rings (SSSR count). The predicted molar refractivity (Wildman–Crippen MR) is 87.9 cm³/mol. The first-order valence-electron chi connectivity index (χ1n) is 8.02. The summed E-state index contributed by atoms with van der Waals surface area (Å²) < 4.78 is 7.36. The predicted octanol–water partition coefficient (Wildman–Crippen LogP) is 1.20. The van der Waals surface area contributed by atoms with Crippen LogP contribution in [0.2, 0.25) is 0 Å². The van der Waals surface area contributed by atoms with Crippen LogP contribution in [-0.2, 0) is 7.05 Å². The van der Waals surface area contributed by atoms with Gasteiger partial charge in [0.05, 0.1) is 31.0 Å². The van der Waals surface area contributed by atoms with E-state index in [0.29, 0.717) is 23.8 Å². The number of amides is 1. The van der Waals surface area contributed by atoms with E-state index in [1.54, 1.807) is 41.3 Å². The first-order chi connectivity index (χ1) is 11.4. The molecule has 2 aromatic rings. The van der Waals surface area contributed by atoms with Gasteiger partial charge in [-0.1, -0.05) is 13.8 Å². The van der Waals surface area contributed by atoms with Crippen molar-refractivity contribution in [3.63, 3.8) is 0 Å². The van der Waals surface area contributed by atoms with Crippen molar-refractivity contribution in [1.29, 1.82) is 0 Å². The molecular weight excluding hydrogens is 308 g/mol. The Hall–Kier alpha value is -2.41. The molecule has 0 bridgehead atoms. The van der Waals surface area contributed by atoms with Gasteiger partial charge in [-0.15, -0.1) is 0 Å². The van der Waals surface area contributed by atoms with Gasteiger partial charge in [0.2, 0.25) is 0 Å². The second-order valence-electron chi connectivity index (χ2n) is 6.41. The third kappa shape index (κ3) is 3.41. The lowest BCUT2D eigenvalue weighted by Crippen LogP contribution is -2.31. The van der Waals surface area contributed by atoms with E-state index in [1.807, 2.05) is 6.07 Å². The van der Waals surface area contributed by atoms with Gasteiger partial charge in [0, 0.05) is 18.9 Å². The molecule has 7 nitrogen and oxygen atoms in total. The summed E-state index contributed by atoms with van der Waals surface area (Å²) in [7, 11) is 1.79. The lowest BCUT2D eigenvalue weighted by molar-refractivity contribution is 0.0729. The molecule has 3 heterocycles. The van der Waals surface area contributed by atoms with Gasteiger partial charge in [-0.3, -0.25) is 14.5 Å². The number of nitrogens with zero attached hydrogens (tertiary/aromatic N) is 4. The topological polar surface area (TPSA) is 80.5 Å². The van der Waals surface area contributed by atoms with Gasteiger partial charge in [0.15, 0.2) is 5.75 Å². The van der Waals surface area contributed by atoms with Crippen LogP contribution in [0.4, 0.5) is 0 Å². The van der Waals surface area contributed by atoms with Gasteiger partial charge >= 0.3 is 0 Å². The molecule has 0 unspecified atom stereocenters. The van der Waals surface area contributed by atoms with Gasteiger partial charge in [-0.25, -0.2) is 0 Å². The molecule has 1 amide bonds. The number of aryl methyl sites for hydroxylation is 1. The zero-order valence-electron chi connectivity index (χ0n) is 14.1. The maximum atomic E-state index is 12.6. The Morgan fingerprint density at radius 2 is 2.12 bits per heavy atom. The standard InChI is InChI=1S/C17H22N4O3/c1-11(2)14-5-4-12(6-18-14)17(23)21-9-15(22)16(10-21)24-13-7-19-20(3)8-13/h4-8,11,15-16,22H,9-10H2,1-3H3/t15-,16-/m1/s1. The van der Waals surface area contributed by atoms with Gasteiger partial charge in [0.25, 0.3) is 5.91 Å². The maximum Gasteiger partial charge on any atom is 0.255 e. The summed E-state index contributed by atoms with van der Waals surface area (Å²) in [6.07, 6.45) is 3.73. The summed E-state index contributed by atoms with van der Waals surface area (Å²) in [5, 5.41) is 14.2. The van der Waals surface area contributed by atoms with E-state index in [4.69, 9.17) is 4.74 Å². The van der Waals surface area contributed by atoms with Crippen LogP contribution in [0, 0.1) is 0 Å². The van der Waals surface area contributed by atoms with Crippen molar-refractivity contribution in [2.24, 2.45) is 7.05 Å². The van der Waals surface area contributed by atoms with Crippen LogP contribution >= 0.6 is 0 Å². The number of hydrogen-bond donors (Lipinski definition) is 1. The maximum absolute atomic E-state index is 12.6. The van der Waals surface area contributed by atoms with E-state index in [1.165, 1.54) is 0 Å². The van der Waals surface area contributed by atoms with E-state index in [-0.39, 0.29) is 12.5 Å². The van der Waals surface area contributed by atoms with Crippen molar-refractivity contribution in [2.75, 3.05) is 13.1 Å². The number of aromatic nitrogens is 3. The van der Waals surface area contributed by atoms with Crippen molar-refractivity contribution >= 4 is 5.91 Å². The molecule has 2 atom stereocenters. The quantitative estimate of drug-likeness (QED) is 0.911. The molecule has 0 saturated carbocycles. The average Bonchev–Trinajstić information content (AvgIpc) is 3.13. The molecule has 0 spiro atoms. The highest BCUT2D eigenvalue weighted by Gasteiger charge is 2.36. The van der Waals surface area contributed by atoms with Crippen molar-refractivity contribution in [2.45, 2.75) is 32.0 Å². The number of pyridine rings is 1. The fourth-order valence-corrected chi connectivity index (χ4v) is 2.73. The smallest absolute Gasteiger partial charge is 0.255 e. The molecule has 1 fully saturated rings. The fraction of sp³-hybridized carbons (Fsp3) is 0.471. The van der Waals surface area contributed by atoms with Crippen LogP contribution in [0.25, 0.3) is 0 Å². The van der Waals surface area contributed by atoms with Crippen LogP contribution in [0.1, 0.15) is 35.8 Å². The van der Waals surface area contributed by atoms with E-state index in [2.05, 4.69) is 23.9 Å². The Morgan fingerprint density at radius 3 is 2.71 bits per heavy atom. The monoisotopic (exact) mass is 330 g/mol. The van der Waals surface area contributed by atoms with Crippen molar-refractivity contribution in [1.82, 2.24) is 19.7 Å². The van der Waals surface area contributed by atoms with E-state index in [9.17, 15) is 9.90 Å². The lowest BCUT2D eigenvalue weighted by atomic mass is 10.1. The number of aliphatic hydroxyl groups is 1. The Kier molecular flexibility index (Phi) is 4.53. The van der Waals surface area contributed by atoms with Crippen LogP contribution < -0.4 is 4.74 Å². The largest absolute Gasteiger partial charge is 0.482 e. The lowest BCUT2D eigenvalue weighted by Gasteiger charge is -2.16. The van der Waals surface area contributed by atoms with Gasteiger partial charge in [0.1, 0.15) is 12.2 Å². The first kappa shape index (κ1) is 16.4. The normalized spacial score (nSPS) is 20.6. The second-order valence-corrected chi connectivity index (χ2v) is 6.41. The van der Waals surface area contributed by atoms with E-state index < -0.39 is 12.2 Å². The third-order valence-electron chi connectivity index (χ3n) is 4.12.